The number of alkyl halides is 3. The molecule has 0 aromatic rings. The van der Waals surface area contributed by atoms with E-state index in [-0.39, 0.29) is 6.54 Å². The summed E-state index contributed by atoms with van der Waals surface area (Å²) >= 11 is 0. The van der Waals surface area contributed by atoms with E-state index in [0.29, 0.717) is 19.4 Å². The lowest BCUT2D eigenvalue weighted by molar-refractivity contribution is -0.173. The first kappa shape index (κ1) is 14.8. The Morgan fingerprint density at radius 1 is 1.19 bits per heavy atom. The summed E-state index contributed by atoms with van der Waals surface area (Å²) in [6.45, 7) is 1.31. The van der Waals surface area contributed by atoms with Gasteiger partial charge in [-0.25, -0.2) is 0 Å². The average Bonchev–Trinajstić information content (AvgIpc) is 2.20. The van der Waals surface area contributed by atoms with Gasteiger partial charge in [-0.15, -0.1) is 12.3 Å². The second kappa shape index (κ2) is 7.99. The maximum Gasteiger partial charge on any atom is 0.471 e. The number of hydrogen-bond donors (Lipinski definition) is 2. The van der Waals surface area contributed by atoms with Gasteiger partial charge >= 0.3 is 12.1 Å². The fourth-order valence-electron chi connectivity index (χ4n) is 0.956. The smallest absolute Gasteiger partial charge is 0.348 e. The Balaban J connectivity index is 3.28. The Hall–Kier alpha value is -1.22. The van der Waals surface area contributed by atoms with Gasteiger partial charge < -0.3 is 10.6 Å². The quantitative estimate of drug-likeness (QED) is 0.512. The lowest BCUT2D eigenvalue weighted by Gasteiger charge is -2.07. The highest BCUT2D eigenvalue weighted by Crippen LogP contribution is 2.13. The molecule has 92 valence electrons. The summed E-state index contributed by atoms with van der Waals surface area (Å²) in [5.74, 6) is 0.590. The Kier molecular flexibility index (Phi) is 7.38. The second-order valence-corrected chi connectivity index (χ2v) is 3.16. The van der Waals surface area contributed by atoms with Crippen molar-refractivity contribution in [2.75, 3.05) is 19.6 Å². The molecule has 0 aromatic heterocycles. The summed E-state index contributed by atoms with van der Waals surface area (Å²) in [6.07, 6.45) is 2.22. The van der Waals surface area contributed by atoms with Crippen molar-refractivity contribution in [2.45, 2.75) is 25.4 Å². The zero-order valence-corrected chi connectivity index (χ0v) is 8.86. The van der Waals surface area contributed by atoms with Crippen LogP contribution in [0, 0.1) is 12.3 Å². The summed E-state index contributed by atoms with van der Waals surface area (Å²) in [5.41, 5.74) is 0. The van der Waals surface area contributed by atoms with Crippen LogP contribution in [-0.4, -0.2) is 31.7 Å². The summed E-state index contributed by atoms with van der Waals surface area (Å²) in [5, 5.41) is 4.79. The van der Waals surface area contributed by atoms with Crippen molar-refractivity contribution in [3.8, 4) is 12.3 Å². The summed E-state index contributed by atoms with van der Waals surface area (Å²) < 4.78 is 35.2. The standard InChI is InChI=1S/C10H15F3N2O/c1-2-3-4-6-14-7-5-8-15-9(16)10(11,12)13/h1,14H,3-8H2,(H,15,16). The van der Waals surface area contributed by atoms with Crippen LogP contribution < -0.4 is 10.6 Å². The molecule has 0 spiro atoms. The van der Waals surface area contributed by atoms with Gasteiger partial charge in [0.25, 0.3) is 0 Å². The van der Waals surface area contributed by atoms with E-state index in [4.69, 9.17) is 6.42 Å². The molecule has 16 heavy (non-hydrogen) atoms. The zero-order valence-electron chi connectivity index (χ0n) is 8.86. The summed E-state index contributed by atoms with van der Waals surface area (Å²) in [7, 11) is 0. The van der Waals surface area contributed by atoms with Crippen LogP contribution in [0.5, 0.6) is 0 Å². The first-order valence-corrected chi connectivity index (χ1v) is 4.97. The van der Waals surface area contributed by atoms with Crippen molar-refractivity contribution in [1.29, 1.82) is 0 Å². The van der Waals surface area contributed by atoms with Gasteiger partial charge in [-0.05, 0) is 25.9 Å². The SMILES string of the molecule is C#CCCCNCCCNC(=O)C(F)(F)F. The minimum Gasteiger partial charge on any atom is -0.348 e. The predicted octanol–water partition coefficient (Wildman–Crippen LogP) is 1.06. The molecule has 0 aliphatic rings. The van der Waals surface area contributed by atoms with Crippen molar-refractivity contribution >= 4 is 5.91 Å². The molecule has 0 heterocycles. The van der Waals surface area contributed by atoms with Gasteiger partial charge in [-0.1, -0.05) is 0 Å². The molecule has 0 rings (SSSR count). The molecule has 2 N–H and O–H groups in total. The molecule has 0 aliphatic heterocycles. The second-order valence-electron chi connectivity index (χ2n) is 3.16. The van der Waals surface area contributed by atoms with Crippen LogP contribution in [0.4, 0.5) is 13.2 Å². The molecule has 0 unspecified atom stereocenters. The Labute approximate surface area is 92.8 Å². The van der Waals surface area contributed by atoms with Gasteiger partial charge in [0.15, 0.2) is 0 Å². The van der Waals surface area contributed by atoms with Crippen LogP contribution in [0.25, 0.3) is 0 Å². The number of hydrogen-bond acceptors (Lipinski definition) is 2. The van der Waals surface area contributed by atoms with Gasteiger partial charge in [0, 0.05) is 13.0 Å². The maximum absolute atomic E-state index is 11.7. The van der Waals surface area contributed by atoms with E-state index in [2.05, 4.69) is 11.2 Å². The van der Waals surface area contributed by atoms with E-state index in [1.54, 1.807) is 5.32 Å². The van der Waals surface area contributed by atoms with Gasteiger partial charge in [0.05, 0.1) is 0 Å². The van der Waals surface area contributed by atoms with Gasteiger partial charge in [-0.2, -0.15) is 13.2 Å². The number of carbonyl (C=O) groups is 1. The number of terminal acetylenes is 1. The highest BCUT2D eigenvalue weighted by atomic mass is 19.4. The molecule has 3 nitrogen and oxygen atoms in total. The molecule has 1 amide bonds. The van der Waals surface area contributed by atoms with E-state index in [1.165, 1.54) is 0 Å². The lowest BCUT2D eigenvalue weighted by Crippen LogP contribution is -2.38. The monoisotopic (exact) mass is 236 g/mol. The largest absolute Gasteiger partial charge is 0.471 e. The molecule has 0 aliphatic carbocycles. The predicted molar refractivity (Wildman–Crippen MR) is 54.6 cm³/mol. The molecule has 6 heteroatoms. The molecular formula is C10H15F3N2O. The molecule has 0 radical (unpaired) electrons. The third-order valence-electron chi connectivity index (χ3n) is 1.75. The van der Waals surface area contributed by atoms with E-state index < -0.39 is 12.1 Å². The molecule has 0 saturated heterocycles. The van der Waals surface area contributed by atoms with Crippen LogP contribution in [0.2, 0.25) is 0 Å². The normalized spacial score (nSPS) is 10.9. The van der Waals surface area contributed by atoms with Crippen LogP contribution in [-0.2, 0) is 4.79 Å². The third kappa shape index (κ3) is 8.12. The van der Waals surface area contributed by atoms with Crippen LogP contribution >= 0.6 is 0 Å². The Bertz CT molecular complexity index is 245. The molecule has 0 atom stereocenters. The highest BCUT2D eigenvalue weighted by Gasteiger charge is 2.38. The van der Waals surface area contributed by atoms with Crippen molar-refractivity contribution in [3.63, 3.8) is 0 Å². The first-order valence-electron chi connectivity index (χ1n) is 4.97. The molecular weight excluding hydrogens is 221 g/mol. The van der Waals surface area contributed by atoms with Gasteiger partial charge in [0.1, 0.15) is 0 Å². The number of unbranched alkanes of at least 4 members (excludes halogenated alkanes) is 1. The molecule has 0 saturated carbocycles. The van der Waals surface area contributed by atoms with Crippen molar-refractivity contribution in [1.82, 2.24) is 10.6 Å². The molecule has 0 aromatic carbocycles. The first-order chi connectivity index (χ1) is 7.48. The topological polar surface area (TPSA) is 41.1 Å². The Morgan fingerprint density at radius 2 is 1.81 bits per heavy atom. The van der Waals surface area contributed by atoms with Crippen molar-refractivity contribution < 1.29 is 18.0 Å². The lowest BCUT2D eigenvalue weighted by atomic mass is 10.3. The number of nitrogens with one attached hydrogen (secondary N) is 2. The third-order valence-corrected chi connectivity index (χ3v) is 1.75. The number of carbonyl (C=O) groups excluding carboxylic acids is 1. The van der Waals surface area contributed by atoms with Gasteiger partial charge in [0.2, 0.25) is 0 Å². The van der Waals surface area contributed by atoms with Crippen LogP contribution in [0.3, 0.4) is 0 Å². The van der Waals surface area contributed by atoms with E-state index in [9.17, 15) is 18.0 Å². The summed E-state index contributed by atoms with van der Waals surface area (Å²) in [4.78, 5) is 10.4. The maximum atomic E-state index is 11.7. The minimum atomic E-state index is -4.79. The fraction of sp³-hybridized carbons (Fsp3) is 0.700. The van der Waals surface area contributed by atoms with Crippen molar-refractivity contribution in [3.05, 3.63) is 0 Å². The Morgan fingerprint density at radius 3 is 2.38 bits per heavy atom. The van der Waals surface area contributed by atoms with E-state index in [0.717, 1.165) is 13.0 Å². The van der Waals surface area contributed by atoms with E-state index >= 15 is 0 Å². The number of amides is 1. The molecule has 0 bridgehead atoms. The number of rotatable bonds is 7. The van der Waals surface area contributed by atoms with Crippen LogP contribution in [0.15, 0.2) is 0 Å². The number of halogens is 3. The summed E-state index contributed by atoms with van der Waals surface area (Å²) in [6, 6.07) is 0. The van der Waals surface area contributed by atoms with E-state index in [1.807, 2.05) is 0 Å². The van der Waals surface area contributed by atoms with Gasteiger partial charge in [-0.3, -0.25) is 4.79 Å². The zero-order chi connectivity index (χ0) is 12.4. The van der Waals surface area contributed by atoms with Crippen LogP contribution in [0.1, 0.15) is 19.3 Å². The fourth-order valence-corrected chi connectivity index (χ4v) is 0.956. The minimum absolute atomic E-state index is 0.0144. The molecule has 0 fully saturated rings. The van der Waals surface area contributed by atoms with Crippen molar-refractivity contribution in [2.24, 2.45) is 0 Å². The average molecular weight is 236 g/mol. The highest BCUT2D eigenvalue weighted by molar-refractivity contribution is 5.81.